The topological polar surface area (TPSA) is 32.3 Å². The monoisotopic (exact) mass is 294 g/mol. The van der Waals surface area contributed by atoms with Gasteiger partial charge in [-0.1, -0.05) is 36.7 Å². The van der Waals surface area contributed by atoms with E-state index in [1.807, 2.05) is 43.1 Å². The van der Waals surface area contributed by atoms with Crippen molar-refractivity contribution < 1.29 is 4.79 Å². The highest BCUT2D eigenvalue weighted by molar-refractivity contribution is 6.31. The molecule has 0 aromatic heterocycles. The zero-order chi connectivity index (χ0) is 14.7. The van der Waals surface area contributed by atoms with Gasteiger partial charge in [-0.15, -0.1) is 0 Å². The lowest BCUT2D eigenvalue weighted by atomic mass is 10.0. The van der Waals surface area contributed by atoms with Gasteiger partial charge in [-0.3, -0.25) is 4.79 Å². The summed E-state index contributed by atoms with van der Waals surface area (Å²) in [4.78, 5) is 14.7. The third-order valence-electron chi connectivity index (χ3n) is 3.90. The van der Waals surface area contributed by atoms with Crippen LogP contribution in [-0.4, -0.2) is 30.4 Å². The van der Waals surface area contributed by atoms with Crippen LogP contribution in [0.5, 0.6) is 0 Å². The number of benzene rings is 1. The van der Waals surface area contributed by atoms with Crippen LogP contribution in [0.3, 0.4) is 0 Å². The second-order valence-corrected chi connectivity index (χ2v) is 6.04. The van der Waals surface area contributed by atoms with E-state index in [-0.39, 0.29) is 17.9 Å². The van der Waals surface area contributed by atoms with Gasteiger partial charge in [0.25, 0.3) is 0 Å². The van der Waals surface area contributed by atoms with E-state index in [1.165, 1.54) is 0 Å². The molecular formula is C16H23ClN2O. The molecule has 0 heterocycles. The summed E-state index contributed by atoms with van der Waals surface area (Å²) in [6.07, 6.45) is 2.21. The maximum atomic E-state index is 12.7. The summed E-state index contributed by atoms with van der Waals surface area (Å²) >= 11 is 6.28. The molecule has 0 radical (unpaired) electrons. The van der Waals surface area contributed by atoms with Crippen LogP contribution < -0.4 is 5.32 Å². The molecule has 20 heavy (non-hydrogen) atoms. The number of amides is 1. The normalized spacial score (nSPS) is 17.6. The summed E-state index contributed by atoms with van der Waals surface area (Å²) < 4.78 is 0. The molecule has 3 nitrogen and oxygen atoms in total. The van der Waals surface area contributed by atoms with Crippen molar-refractivity contribution in [2.24, 2.45) is 5.92 Å². The van der Waals surface area contributed by atoms with Gasteiger partial charge in [0.15, 0.2) is 0 Å². The number of nitrogens with one attached hydrogen (secondary N) is 1. The molecule has 110 valence electrons. The largest absolute Gasteiger partial charge is 0.333 e. The van der Waals surface area contributed by atoms with Crippen LogP contribution in [0.1, 0.15) is 38.3 Å². The number of rotatable bonds is 6. The molecule has 0 spiro atoms. The lowest BCUT2D eigenvalue weighted by molar-refractivity contribution is -0.137. The Bertz CT molecular complexity index is 473. The lowest BCUT2D eigenvalue weighted by Gasteiger charge is -2.32. The van der Waals surface area contributed by atoms with Gasteiger partial charge in [-0.2, -0.15) is 0 Å². The van der Waals surface area contributed by atoms with E-state index in [0.717, 1.165) is 23.4 Å². The molecule has 0 saturated heterocycles. The van der Waals surface area contributed by atoms with Gasteiger partial charge in [-0.25, -0.2) is 0 Å². The van der Waals surface area contributed by atoms with Crippen LogP contribution in [0.15, 0.2) is 24.3 Å². The lowest BCUT2D eigenvalue weighted by Crippen LogP contribution is -2.41. The third-order valence-corrected chi connectivity index (χ3v) is 4.24. The highest BCUT2D eigenvalue weighted by Crippen LogP contribution is 2.37. The first-order valence-corrected chi connectivity index (χ1v) is 7.65. The SMILES string of the molecule is CNCC(C)C(=O)N(C1CC1)C(C)c1ccccc1Cl. The fourth-order valence-electron chi connectivity index (χ4n) is 2.65. The Morgan fingerprint density at radius 1 is 1.40 bits per heavy atom. The Labute approximate surface area is 126 Å². The van der Waals surface area contributed by atoms with Crippen molar-refractivity contribution in [3.05, 3.63) is 34.9 Å². The van der Waals surface area contributed by atoms with Gasteiger partial charge in [0, 0.05) is 23.5 Å². The molecule has 0 bridgehead atoms. The summed E-state index contributed by atoms with van der Waals surface area (Å²) in [5.41, 5.74) is 1.03. The molecule has 1 aliphatic carbocycles. The summed E-state index contributed by atoms with van der Waals surface area (Å²) in [5, 5.41) is 3.81. The molecule has 1 N–H and O–H groups in total. The van der Waals surface area contributed by atoms with Gasteiger partial charge in [0.05, 0.1) is 6.04 Å². The fourth-order valence-corrected chi connectivity index (χ4v) is 2.95. The Balaban J connectivity index is 2.20. The van der Waals surface area contributed by atoms with E-state index in [0.29, 0.717) is 12.6 Å². The second-order valence-electron chi connectivity index (χ2n) is 5.63. The summed E-state index contributed by atoms with van der Waals surface area (Å²) in [6.45, 7) is 4.76. The third kappa shape index (κ3) is 3.33. The average molecular weight is 295 g/mol. The van der Waals surface area contributed by atoms with E-state index >= 15 is 0 Å². The predicted molar refractivity (Wildman–Crippen MR) is 82.8 cm³/mol. The number of hydrogen-bond acceptors (Lipinski definition) is 2. The minimum absolute atomic E-state index is 0.00876. The molecule has 2 unspecified atom stereocenters. The number of nitrogens with zero attached hydrogens (tertiary/aromatic N) is 1. The predicted octanol–water partition coefficient (Wildman–Crippen LogP) is 3.25. The van der Waals surface area contributed by atoms with Gasteiger partial charge in [0.1, 0.15) is 0 Å². The highest BCUT2D eigenvalue weighted by Gasteiger charge is 2.38. The van der Waals surface area contributed by atoms with E-state index < -0.39 is 0 Å². The molecule has 1 saturated carbocycles. The minimum atomic E-state index is -0.00876. The van der Waals surface area contributed by atoms with Crippen molar-refractivity contribution >= 4 is 17.5 Å². The molecule has 1 aromatic rings. The second kappa shape index (κ2) is 6.59. The standard InChI is InChI=1S/C16H23ClN2O/c1-11(10-18-3)16(20)19(13-8-9-13)12(2)14-6-4-5-7-15(14)17/h4-7,11-13,18H,8-10H2,1-3H3. The highest BCUT2D eigenvalue weighted by atomic mass is 35.5. The zero-order valence-corrected chi connectivity index (χ0v) is 13.2. The van der Waals surface area contributed by atoms with E-state index in [9.17, 15) is 4.79 Å². The maximum absolute atomic E-state index is 12.7. The smallest absolute Gasteiger partial charge is 0.227 e. The number of halogens is 1. The number of hydrogen-bond donors (Lipinski definition) is 1. The molecule has 2 rings (SSSR count). The Morgan fingerprint density at radius 3 is 2.60 bits per heavy atom. The van der Waals surface area contributed by atoms with Gasteiger partial charge < -0.3 is 10.2 Å². The summed E-state index contributed by atoms with van der Waals surface area (Å²) in [6, 6.07) is 8.21. The summed E-state index contributed by atoms with van der Waals surface area (Å²) in [5.74, 6) is 0.208. The van der Waals surface area contributed by atoms with Crippen molar-refractivity contribution in [1.29, 1.82) is 0 Å². The maximum Gasteiger partial charge on any atom is 0.227 e. The van der Waals surface area contributed by atoms with E-state index in [4.69, 9.17) is 11.6 Å². The summed E-state index contributed by atoms with van der Waals surface area (Å²) in [7, 11) is 1.88. The van der Waals surface area contributed by atoms with Crippen LogP contribution in [0.25, 0.3) is 0 Å². The molecule has 4 heteroatoms. The first-order chi connectivity index (χ1) is 9.56. The molecule has 1 aromatic carbocycles. The van der Waals surface area contributed by atoms with E-state index in [2.05, 4.69) is 12.2 Å². The number of carbonyl (C=O) groups is 1. The average Bonchev–Trinajstić information content (AvgIpc) is 3.24. The van der Waals surface area contributed by atoms with E-state index in [1.54, 1.807) is 0 Å². The first-order valence-electron chi connectivity index (χ1n) is 7.27. The zero-order valence-electron chi connectivity index (χ0n) is 12.4. The van der Waals surface area contributed by atoms with Crippen molar-refractivity contribution in [2.75, 3.05) is 13.6 Å². The van der Waals surface area contributed by atoms with Crippen LogP contribution in [0, 0.1) is 5.92 Å². The van der Waals surface area contributed by atoms with Crippen LogP contribution in [-0.2, 0) is 4.79 Å². The van der Waals surface area contributed by atoms with Crippen molar-refractivity contribution in [3.8, 4) is 0 Å². The Morgan fingerprint density at radius 2 is 2.05 bits per heavy atom. The fraction of sp³-hybridized carbons (Fsp3) is 0.562. The van der Waals surface area contributed by atoms with Crippen LogP contribution >= 0.6 is 11.6 Å². The number of carbonyl (C=O) groups excluding carboxylic acids is 1. The van der Waals surface area contributed by atoms with Crippen LogP contribution in [0.2, 0.25) is 5.02 Å². The molecule has 1 amide bonds. The Hall–Kier alpha value is -1.06. The first kappa shape index (κ1) is 15.3. The van der Waals surface area contributed by atoms with Crippen LogP contribution in [0.4, 0.5) is 0 Å². The quantitative estimate of drug-likeness (QED) is 0.873. The van der Waals surface area contributed by atoms with Crippen molar-refractivity contribution in [3.63, 3.8) is 0 Å². The molecular weight excluding hydrogens is 272 g/mol. The van der Waals surface area contributed by atoms with Crippen molar-refractivity contribution in [2.45, 2.75) is 38.8 Å². The van der Waals surface area contributed by atoms with Crippen molar-refractivity contribution in [1.82, 2.24) is 10.2 Å². The molecule has 1 aliphatic rings. The molecule has 0 aliphatic heterocycles. The molecule has 1 fully saturated rings. The molecule has 2 atom stereocenters. The van der Waals surface area contributed by atoms with Gasteiger partial charge in [-0.05, 0) is 38.4 Å². The van der Waals surface area contributed by atoms with Gasteiger partial charge >= 0.3 is 0 Å². The Kier molecular flexibility index (Phi) is 5.06. The van der Waals surface area contributed by atoms with Gasteiger partial charge in [0.2, 0.25) is 5.91 Å². The minimum Gasteiger partial charge on any atom is -0.333 e.